The highest BCUT2D eigenvalue weighted by Crippen LogP contribution is 2.27. The van der Waals surface area contributed by atoms with Crippen LogP contribution in [-0.2, 0) is 11.3 Å². The SMILES string of the molecule is COC(=O)c1ccc(Cl)cc1OCc1nc(-c2ccsc2)oc1C. The molecule has 0 unspecified atom stereocenters. The van der Waals surface area contributed by atoms with E-state index in [0.717, 1.165) is 5.56 Å². The van der Waals surface area contributed by atoms with Crippen molar-refractivity contribution in [1.29, 1.82) is 0 Å². The lowest BCUT2D eigenvalue weighted by Gasteiger charge is -2.09. The number of carbonyl (C=O) groups excluding carboxylic acids is 1. The van der Waals surface area contributed by atoms with Crippen LogP contribution < -0.4 is 4.74 Å². The summed E-state index contributed by atoms with van der Waals surface area (Å²) in [6.07, 6.45) is 0. The van der Waals surface area contributed by atoms with E-state index in [4.69, 9.17) is 25.5 Å². The van der Waals surface area contributed by atoms with E-state index in [1.165, 1.54) is 7.11 Å². The van der Waals surface area contributed by atoms with E-state index in [-0.39, 0.29) is 6.61 Å². The molecule has 2 aromatic heterocycles. The van der Waals surface area contributed by atoms with Crippen LogP contribution in [0.3, 0.4) is 0 Å². The van der Waals surface area contributed by atoms with Crippen LogP contribution in [0.25, 0.3) is 11.5 Å². The van der Waals surface area contributed by atoms with Crippen LogP contribution in [-0.4, -0.2) is 18.1 Å². The minimum atomic E-state index is -0.488. The van der Waals surface area contributed by atoms with Gasteiger partial charge >= 0.3 is 5.97 Å². The maximum atomic E-state index is 11.8. The monoisotopic (exact) mass is 363 g/mol. The topological polar surface area (TPSA) is 61.6 Å². The van der Waals surface area contributed by atoms with E-state index < -0.39 is 5.97 Å². The van der Waals surface area contributed by atoms with Crippen LogP contribution in [0.4, 0.5) is 0 Å². The van der Waals surface area contributed by atoms with Crippen molar-refractivity contribution < 1.29 is 18.7 Å². The van der Waals surface area contributed by atoms with Gasteiger partial charge < -0.3 is 13.9 Å². The predicted octanol–water partition coefficient (Wildman–Crippen LogP) is 4.73. The zero-order valence-corrected chi connectivity index (χ0v) is 14.6. The summed E-state index contributed by atoms with van der Waals surface area (Å²) in [4.78, 5) is 16.3. The van der Waals surface area contributed by atoms with Gasteiger partial charge in [-0.2, -0.15) is 11.3 Å². The third kappa shape index (κ3) is 3.44. The van der Waals surface area contributed by atoms with E-state index in [0.29, 0.717) is 33.7 Å². The predicted molar refractivity (Wildman–Crippen MR) is 91.7 cm³/mol. The molecule has 24 heavy (non-hydrogen) atoms. The average Bonchev–Trinajstić information content (AvgIpc) is 3.22. The fraction of sp³-hybridized carbons (Fsp3) is 0.176. The van der Waals surface area contributed by atoms with E-state index in [2.05, 4.69) is 4.98 Å². The average molecular weight is 364 g/mol. The van der Waals surface area contributed by atoms with Crippen molar-refractivity contribution in [2.45, 2.75) is 13.5 Å². The number of hydrogen-bond donors (Lipinski definition) is 0. The molecule has 0 saturated carbocycles. The van der Waals surface area contributed by atoms with Gasteiger partial charge in [0, 0.05) is 16.0 Å². The van der Waals surface area contributed by atoms with Gasteiger partial charge in [0.15, 0.2) is 0 Å². The highest BCUT2D eigenvalue weighted by atomic mass is 35.5. The molecule has 3 rings (SSSR count). The van der Waals surface area contributed by atoms with Crippen molar-refractivity contribution >= 4 is 28.9 Å². The molecule has 0 saturated heterocycles. The zero-order chi connectivity index (χ0) is 17.1. The van der Waals surface area contributed by atoms with E-state index >= 15 is 0 Å². The first-order chi connectivity index (χ1) is 11.6. The summed E-state index contributed by atoms with van der Waals surface area (Å²) >= 11 is 7.56. The molecular weight excluding hydrogens is 350 g/mol. The number of oxazole rings is 1. The Morgan fingerprint density at radius 2 is 2.21 bits per heavy atom. The summed E-state index contributed by atoms with van der Waals surface area (Å²) in [7, 11) is 1.32. The molecule has 7 heteroatoms. The fourth-order valence-electron chi connectivity index (χ4n) is 2.11. The first-order valence-electron chi connectivity index (χ1n) is 7.08. The minimum absolute atomic E-state index is 0.157. The number of rotatable bonds is 5. The zero-order valence-electron chi connectivity index (χ0n) is 13.0. The lowest BCUT2D eigenvalue weighted by Crippen LogP contribution is -2.06. The molecule has 0 aliphatic rings. The van der Waals surface area contributed by atoms with Crippen molar-refractivity contribution in [2.75, 3.05) is 7.11 Å². The Morgan fingerprint density at radius 3 is 2.92 bits per heavy atom. The van der Waals surface area contributed by atoms with Gasteiger partial charge in [0.25, 0.3) is 0 Å². The number of aryl methyl sites for hydroxylation is 1. The van der Waals surface area contributed by atoms with Gasteiger partial charge in [0.1, 0.15) is 29.4 Å². The lowest BCUT2D eigenvalue weighted by atomic mass is 10.2. The molecular formula is C17H14ClNO4S. The molecule has 5 nitrogen and oxygen atoms in total. The van der Waals surface area contributed by atoms with Gasteiger partial charge in [-0.3, -0.25) is 0 Å². The molecule has 0 bridgehead atoms. The normalized spacial score (nSPS) is 10.6. The molecule has 3 aromatic rings. The number of ether oxygens (including phenoxy) is 2. The van der Waals surface area contributed by atoms with Crippen LogP contribution in [0, 0.1) is 6.92 Å². The molecule has 0 aliphatic carbocycles. The molecule has 0 spiro atoms. The summed E-state index contributed by atoms with van der Waals surface area (Å²) in [6, 6.07) is 6.68. The van der Waals surface area contributed by atoms with Crippen molar-refractivity contribution in [3.8, 4) is 17.2 Å². The highest BCUT2D eigenvalue weighted by Gasteiger charge is 2.16. The Balaban J connectivity index is 1.81. The van der Waals surface area contributed by atoms with Gasteiger partial charge in [-0.1, -0.05) is 11.6 Å². The molecule has 0 fully saturated rings. The molecule has 0 N–H and O–H groups in total. The molecule has 0 aliphatic heterocycles. The number of halogens is 1. The van der Waals surface area contributed by atoms with Crippen LogP contribution in [0.1, 0.15) is 21.8 Å². The van der Waals surface area contributed by atoms with E-state index in [1.54, 1.807) is 29.5 Å². The van der Waals surface area contributed by atoms with Gasteiger partial charge in [-0.15, -0.1) is 0 Å². The van der Waals surface area contributed by atoms with Crippen molar-refractivity contribution in [1.82, 2.24) is 4.98 Å². The van der Waals surface area contributed by atoms with Crippen LogP contribution in [0.2, 0.25) is 5.02 Å². The maximum Gasteiger partial charge on any atom is 0.341 e. The van der Waals surface area contributed by atoms with Crippen LogP contribution in [0.15, 0.2) is 39.4 Å². The quantitative estimate of drug-likeness (QED) is 0.613. The molecule has 124 valence electrons. The molecule has 0 atom stereocenters. The van der Waals surface area contributed by atoms with Crippen LogP contribution in [0.5, 0.6) is 5.75 Å². The van der Waals surface area contributed by atoms with Crippen molar-refractivity contribution in [3.63, 3.8) is 0 Å². The van der Waals surface area contributed by atoms with Crippen molar-refractivity contribution in [3.05, 3.63) is 57.1 Å². The molecule has 1 aromatic carbocycles. The Morgan fingerprint density at radius 1 is 1.38 bits per heavy atom. The lowest BCUT2D eigenvalue weighted by molar-refractivity contribution is 0.0595. The second-order valence-electron chi connectivity index (χ2n) is 4.95. The third-order valence-corrected chi connectivity index (χ3v) is 4.29. The molecule has 0 amide bonds. The Labute approximate surface area is 147 Å². The van der Waals surface area contributed by atoms with Gasteiger partial charge in [-0.25, -0.2) is 9.78 Å². The number of nitrogens with zero attached hydrogens (tertiary/aromatic N) is 1. The highest BCUT2D eigenvalue weighted by molar-refractivity contribution is 7.08. The summed E-state index contributed by atoms with van der Waals surface area (Å²) < 4.78 is 16.2. The largest absolute Gasteiger partial charge is 0.486 e. The van der Waals surface area contributed by atoms with Gasteiger partial charge in [0.2, 0.25) is 5.89 Å². The molecule has 0 radical (unpaired) electrons. The summed E-state index contributed by atoms with van der Waals surface area (Å²) in [5, 5.41) is 4.38. The van der Waals surface area contributed by atoms with Gasteiger partial charge in [-0.05, 0) is 36.6 Å². The smallest absolute Gasteiger partial charge is 0.341 e. The Kier molecular flexibility index (Phi) is 4.87. The van der Waals surface area contributed by atoms with E-state index in [1.807, 2.05) is 23.8 Å². The maximum absolute atomic E-state index is 11.8. The number of hydrogen-bond acceptors (Lipinski definition) is 6. The Hall–Kier alpha value is -2.31. The third-order valence-electron chi connectivity index (χ3n) is 3.37. The number of methoxy groups -OCH3 is 1. The first-order valence-corrected chi connectivity index (χ1v) is 8.40. The van der Waals surface area contributed by atoms with Crippen molar-refractivity contribution in [2.24, 2.45) is 0 Å². The van der Waals surface area contributed by atoms with E-state index in [9.17, 15) is 4.79 Å². The van der Waals surface area contributed by atoms with Crippen LogP contribution >= 0.6 is 22.9 Å². The number of esters is 1. The molecule has 2 heterocycles. The number of benzene rings is 1. The van der Waals surface area contributed by atoms with Gasteiger partial charge in [0.05, 0.1) is 7.11 Å². The number of aromatic nitrogens is 1. The fourth-order valence-corrected chi connectivity index (χ4v) is 2.90. The number of thiophene rings is 1. The minimum Gasteiger partial charge on any atom is -0.486 e. The second-order valence-corrected chi connectivity index (χ2v) is 6.17. The second kappa shape index (κ2) is 7.07. The first kappa shape index (κ1) is 16.5. The summed E-state index contributed by atoms with van der Waals surface area (Å²) in [5.74, 6) is 1.07. The standard InChI is InChI=1S/C17H14ClNO4S/c1-10-14(19-16(23-10)11-5-6-24-9-11)8-22-15-7-12(18)3-4-13(15)17(20)21-2/h3-7,9H,8H2,1-2H3. The number of carbonyl (C=O) groups is 1. The summed E-state index contributed by atoms with van der Waals surface area (Å²) in [5.41, 5.74) is 1.89. The Bertz CT molecular complexity index is 858. The summed E-state index contributed by atoms with van der Waals surface area (Å²) in [6.45, 7) is 1.98.